The van der Waals surface area contributed by atoms with Gasteiger partial charge in [-0.15, -0.1) is 0 Å². The summed E-state index contributed by atoms with van der Waals surface area (Å²) in [5.74, 6) is -0.264. The summed E-state index contributed by atoms with van der Waals surface area (Å²) in [5.41, 5.74) is 3.94. The van der Waals surface area contributed by atoms with Gasteiger partial charge in [0.2, 0.25) is 0 Å². The Hall–Kier alpha value is -2.72. The topological polar surface area (TPSA) is 65.6 Å². The highest BCUT2D eigenvalue weighted by atomic mass is 16.3. The second kappa shape index (κ2) is 6.58. The number of aliphatic hydroxyl groups is 1. The standard InChI is InChI=1S/C19H19NO3/c21-10-4-9-20-12-16(14-5-2-1-3-6-14)17(13-20)15-7-8-18(22)19(23)11-15/h1-3,5-8,11-13,21-23H,4,9-10H2. The van der Waals surface area contributed by atoms with Crippen molar-refractivity contribution in [2.75, 3.05) is 6.61 Å². The van der Waals surface area contributed by atoms with Crippen LogP contribution in [0, 0.1) is 0 Å². The van der Waals surface area contributed by atoms with Crippen LogP contribution in [0.3, 0.4) is 0 Å². The minimum atomic E-state index is -0.135. The SMILES string of the molecule is OCCCn1cc(-c2ccccc2)c(-c2ccc(O)c(O)c2)c1. The number of aromatic hydroxyl groups is 2. The molecule has 0 unspecified atom stereocenters. The zero-order valence-corrected chi connectivity index (χ0v) is 12.7. The second-order valence-corrected chi connectivity index (χ2v) is 5.47. The molecule has 0 bridgehead atoms. The van der Waals surface area contributed by atoms with Crippen molar-refractivity contribution in [2.45, 2.75) is 13.0 Å². The fraction of sp³-hybridized carbons (Fsp3) is 0.158. The van der Waals surface area contributed by atoms with Crippen molar-refractivity contribution in [2.24, 2.45) is 0 Å². The molecule has 4 heteroatoms. The van der Waals surface area contributed by atoms with Crippen LogP contribution in [0.5, 0.6) is 11.5 Å². The molecule has 3 N–H and O–H groups in total. The van der Waals surface area contributed by atoms with Gasteiger partial charge in [0.05, 0.1) is 0 Å². The maximum absolute atomic E-state index is 9.78. The molecule has 0 aliphatic heterocycles. The number of hydrogen-bond donors (Lipinski definition) is 3. The quantitative estimate of drug-likeness (QED) is 0.631. The fourth-order valence-corrected chi connectivity index (χ4v) is 2.66. The lowest BCUT2D eigenvalue weighted by molar-refractivity contribution is 0.280. The average molecular weight is 309 g/mol. The first kappa shape index (κ1) is 15.2. The van der Waals surface area contributed by atoms with Crippen LogP contribution >= 0.6 is 0 Å². The Kier molecular flexibility index (Phi) is 4.35. The van der Waals surface area contributed by atoms with Gasteiger partial charge in [0.25, 0.3) is 0 Å². The van der Waals surface area contributed by atoms with Gasteiger partial charge in [-0.2, -0.15) is 0 Å². The van der Waals surface area contributed by atoms with Crippen molar-refractivity contribution in [3.05, 3.63) is 60.9 Å². The minimum Gasteiger partial charge on any atom is -0.504 e. The Balaban J connectivity index is 2.09. The Morgan fingerprint density at radius 3 is 2.13 bits per heavy atom. The molecule has 0 aliphatic carbocycles. The Morgan fingerprint density at radius 1 is 0.783 bits per heavy atom. The van der Waals surface area contributed by atoms with Gasteiger partial charge < -0.3 is 19.9 Å². The predicted octanol–water partition coefficient (Wildman–Crippen LogP) is 3.62. The summed E-state index contributed by atoms with van der Waals surface area (Å²) >= 11 is 0. The lowest BCUT2D eigenvalue weighted by atomic mass is 9.99. The average Bonchev–Trinajstić information content (AvgIpc) is 3.00. The van der Waals surface area contributed by atoms with Gasteiger partial charge in [-0.05, 0) is 29.7 Å². The highest BCUT2D eigenvalue weighted by Gasteiger charge is 2.12. The van der Waals surface area contributed by atoms with E-state index in [4.69, 9.17) is 5.11 Å². The molecule has 0 saturated heterocycles. The molecule has 1 aromatic heterocycles. The Bertz CT molecular complexity index is 794. The van der Waals surface area contributed by atoms with Crippen molar-refractivity contribution in [1.29, 1.82) is 0 Å². The van der Waals surface area contributed by atoms with Crippen LogP contribution < -0.4 is 0 Å². The molecule has 0 fully saturated rings. The first-order chi connectivity index (χ1) is 11.2. The molecule has 23 heavy (non-hydrogen) atoms. The third-order valence-electron chi connectivity index (χ3n) is 3.83. The van der Waals surface area contributed by atoms with Gasteiger partial charge >= 0.3 is 0 Å². The van der Waals surface area contributed by atoms with E-state index in [9.17, 15) is 10.2 Å². The second-order valence-electron chi connectivity index (χ2n) is 5.47. The minimum absolute atomic E-state index is 0.130. The van der Waals surface area contributed by atoms with Crippen LogP contribution in [0.15, 0.2) is 60.9 Å². The highest BCUT2D eigenvalue weighted by molar-refractivity contribution is 5.84. The van der Waals surface area contributed by atoms with E-state index in [1.54, 1.807) is 12.1 Å². The number of aryl methyl sites for hydroxylation is 1. The third kappa shape index (κ3) is 3.22. The van der Waals surface area contributed by atoms with Crippen LogP contribution in [0.4, 0.5) is 0 Å². The molecule has 3 rings (SSSR count). The molecule has 0 saturated carbocycles. The molecule has 2 aromatic carbocycles. The van der Waals surface area contributed by atoms with Crippen LogP contribution in [0.25, 0.3) is 22.3 Å². The number of aliphatic hydroxyl groups excluding tert-OH is 1. The molecule has 0 radical (unpaired) electrons. The largest absolute Gasteiger partial charge is 0.504 e. The van der Waals surface area contributed by atoms with Crippen molar-refractivity contribution in [3.8, 4) is 33.8 Å². The van der Waals surface area contributed by atoms with Crippen LogP contribution in [0.1, 0.15) is 6.42 Å². The molecule has 0 spiro atoms. The number of phenolic OH excluding ortho intramolecular Hbond substituents is 2. The highest BCUT2D eigenvalue weighted by Crippen LogP contribution is 2.37. The van der Waals surface area contributed by atoms with Gasteiger partial charge in [0, 0.05) is 36.7 Å². The molecular formula is C19H19NO3. The molecule has 118 valence electrons. The zero-order chi connectivity index (χ0) is 16.2. The van der Waals surface area contributed by atoms with E-state index in [2.05, 4.69) is 0 Å². The van der Waals surface area contributed by atoms with Crippen LogP contribution in [-0.4, -0.2) is 26.5 Å². The predicted molar refractivity (Wildman–Crippen MR) is 90.3 cm³/mol. The molecule has 0 amide bonds. The van der Waals surface area contributed by atoms with E-state index in [1.807, 2.05) is 47.3 Å². The van der Waals surface area contributed by atoms with E-state index in [0.717, 1.165) is 28.8 Å². The number of hydrogen-bond acceptors (Lipinski definition) is 3. The molecule has 1 heterocycles. The Morgan fingerprint density at radius 2 is 1.48 bits per heavy atom. The summed E-state index contributed by atoms with van der Waals surface area (Å²) in [4.78, 5) is 0. The van der Waals surface area contributed by atoms with Crippen molar-refractivity contribution >= 4 is 0 Å². The lowest BCUT2D eigenvalue weighted by Gasteiger charge is -2.06. The van der Waals surface area contributed by atoms with Gasteiger partial charge in [-0.3, -0.25) is 0 Å². The van der Waals surface area contributed by atoms with E-state index in [-0.39, 0.29) is 18.1 Å². The van der Waals surface area contributed by atoms with E-state index >= 15 is 0 Å². The summed E-state index contributed by atoms with van der Waals surface area (Å²) < 4.78 is 2.04. The summed E-state index contributed by atoms with van der Waals surface area (Å²) in [5, 5.41) is 28.3. The number of nitrogens with zero attached hydrogens (tertiary/aromatic N) is 1. The van der Waals surface area contributed by atoms with E-state index < -0.39 is 0 Å². The number of benzene rings is 2. The number of phenols is 2. The smallest absolute Gasteiger partial charge is 0.158 e. The monoisotopic (exact) mass is 309 g/mol. The van der Waals surface area contributed by atoms with Crippen molar-refractivity contribution < 1.29 is 15.3 Å². The van der Waals surface area contributed by atoms with Gasteiger partial charge in [0.1, 0.15) is 0 Å². The van der Waals surface area contributed by atoms with Gasteiger partial charge in [-0.1, -0.05) is 36.4 Å². The van der Waals surface area contributed by atoms with E-state index in [0.29, 0.717) is 6.42 Å². The number of rotatable bonds is 5. The summed E-state index contributed by atoms with van der Waals surface area (Å²) in [6, 6.07) is 14.9. The van der Waals surface area contributed by atoms with E-state index in [1.165, 1.54) is 6.07 Å². The molecular weight excluding hydrogens is 290 g/mol. The summed E-state index contributed by atoms with van der Waals surface area (Å²) in [6.45, 7) is 0.870. The van der Waals surface area contributed by atoms with Crippen molar-refractivity contribution in [3.63, 3.8) is 0 Å². The molecule has 0 aliphatic rings. The zero-order valence-electron chi connectivity index (χ0n) is 12.7. The lowest BCUT2D eigenvalue weighted by Crippen LogP contribution is -1.96. The molecule has 3 aromatic rings. The molecule has 0 atom stereocenters. The van der Waals surface area contributed by atoms with Gasteiger partial charge in [0.15, 0.2) is 11.5 Å². The van der Waals surface area contributed by atoms with Gasteiger partial charge in [-0.25, -0.2) is 0 Å². The Labute approximate surface area is 134 Å². The summed E-state index contributed by atoms with van der Waals surface area (Å²) in [7, 11) is 0. The van der Waals surface area contributed by atoms with Crippen LogP contribution in [0.2, 0.25) is 0 Å². The third-order valence-corrected chi connectivity index (χ3v) is 3.83. The first-order valence-corrected chi connectivity index (χ1v) is 7.57. The maximum Gasteiger partial charge on any atom is 0.158 e. The summed E-state index contributed by atoms with van der Waals surface area (Å²) in [6.07, 6.45) is 4.73. The van der Waals surface area contributed by atoms with Crippen molar-refractivity contribution in [1.82, 2.24) is 4.57 Å². The fourth-order valence-electron chi connectivity index (χ4n) is 2.66. The normalized spacial score (nSPS) is 10.8. The molecule has 4 nitrogen and oxygen atoms in total. The van der Waals surface area contributed by atoms with Crippen LogP contribution in [-0.2, 0) is 6.54 Å². The first-order valence-electron chi connectivity index (χ1n) is 7.57. The maximum atomic E-state index is 9.78. The number of aromatic nitrogens is 1.